The van der Waals surface area contributed by atoms with Crippen molar-refractivity contribution in [2.75, 3.05) is 0 Å². The van der Waals surface area contributed by atoms with Gasteiger partial charge in [0.15, 0.2) is 0 Å². The molecule has 1 aromatic carbocycles. The fourth-order valence-electron chi connectivity index (χ4n) is 1.54. The molecular weight excluding hydrogens is 186 g/mol. The SMILES string of the molecule is C1=Cc2ccccc2CC1.c1c[nH]nn1. The molecule has 0 spiro atoms. The van der Waals surface area contributed by atoms with Crippen LogP contribution in [-0.4, -0.2) is 15.4 Å². The van der Waals surface area contributed by atoms with Crippen LogP contribution < -0.4 is 0 Å². The number of aromatic nitrogens is 3. The molecule has 15 heavy (non-hydrogen) atoms. The Morgan fingerprint density at radius 1 is 1.20 bits per heavy atom. The van der Waals surface area contributed by atoms with Crippen molar-refractivity contribution in [2.24, 2.45) is 0 Å². The van der Waals surface area contributed by atoms with Gasteiger partial charge >= 0.3 is 0 Å². The van der Waals surface area contributed by atoms with E-state index in [9.17, 15) is 0 Å². The lowest BCUT2D eigenvalue weighted by Crippen LogP contribution is -1.91. The maximum atomic E-state index is 3.42. The standard InChI is InChI=1S/C10H10.C2H3N3/c1-2-6-10-8-4-3-7-9(10)5-1;1-2-4-5-3-1/h1-3,5-7H,4,8H2;1-2H,(H,3,4,5). The number of hydrogen-bond acceptors (Lipinski definition) is 2. The van der Waals surface area contributed by atoms with Gasteiger partial charge in [0.2, 0.25) is 0 Å². The number of allylic oxidation sites excluding steroid dienone is 1. The predicted octanol–water partition coefficient (Wildman–Crippen LogP) is 2.45. The van der Waals surface area contributed by atoms with E-state index in [1.807, 2.05) is 0 Å². The highest BCUT2D eigenvalue weighted by atomic mass is 15.3. The summed E-state index contributed by atoms with van der Waals surface area (Å²) >= 11 is 0. The van der Waals surface area contributed by atoms with E-state index in [4.69, 9.17) is 0 Å². The van der Waals surface area contributed by atoms with E-state index in [1.54, 1.807) is 12.4 Å². The third kappa shape index (κ3) is 2.77. The first kappa shape index (κ1) is 9.65. The number of hydrogen-bond donors (Lipinski definition) is 1. The molecule has 0 saturated carbocycles. The molecule has 0 unspecified atom stereocenters. The summed E-state index contributed by atoms with van der Waals surface area (Å²) in [5, 5.41) is 9.26. The zero-order valence-corrected chi connectivity index (χ0v) is 8.43. The number of fused-ring (bicyclic) bond motifs is 1. The maximum Gasteiger partial charge on any atom is 0.0690 e. The van der Waals surface area contributed by atoms with Gasteiger partial charge in [0.05, 0.1) is 6.20 Å². The summed E-state index contributed by atoms with van der Waals surface area (Å²) in [6.07, 6.45) is 10.1. The van der Waals surface area contributed by atoms with Crippen LogP contribution in [0.5, 0.6) is 0 Å². The van der Waals surface area contributed by atoms with Crippen LogP contribution in [0.25, 0.3) is 6.08 Å². The summed E-state index contributed by atoms with van der Waals surface area (Å²) in [5.41, 5.74) is 2.89. The van der Waals surface area contributed by atoms with Crippen LogP contribution in [0.15, 0.2) is 42.7 Å². The summed E-state index contributed by atoms with van der Waals surface area (Å²) in [6, 6.07) is 8.58. The summed E-state index contributed by atoms with van der Waals surface area (Å²) in [5.74, 6) is 0. The van der Waals surface area contributed by atoms with Gasteiger partial charge in [0, 0.05) is 6.20 Å². The number of nitrogens with one attached hydrogen (secondary N) is 1. The van der Waals surface area contributed by atoms with Crippen molar-refractivity contribution in [2.45, 2.75) is 12.8 Å². The molecule has 1 aliphatic rings. The van der Waals surface area contributed by atoms with Crippen LogP contribution >= 0.6 is 0 Å². The lowest BCUT2D eigenvalue weighted by Gasteiger charge is -2.07. The maximum absolute atomic E-state index is 3.42. The van der Waals surface area contributed by atoms with E-state index in [-0.39, 0.29) is 0 Å². The van der Waals surface area contributed by atoms with E-state index in [1.165, 1.54) is 24.0 Å². The fraction of sp³-hybridized carbons (Fsp3) is 0.167. The van der Waals surface area contributed by atoms with Crippen molar-refractivity contribution in [3.63, 3.8) is 0 Å². The Labute approximate surface area is 88.8 Å². The van der Waals surface area contributed by atoms with Crippen LogP contribution in [0.3, 0.4) is 0 Å². The Hall–Kier alpha value is -1.90. The third-order valence-electron chi connectivity index (χ3n) is 2.26. The van der Waals surface area contributed by atoms with Gasteiger partial charge in [-0.25, -0.2) is 0 Å². The highest BCUT2D eigenvalue weighted by Crippen LogP contribution is 2.17. The lowest BCUT2D eigenvalue weighted by molar-refractivity contribution is 0.940. The summed E-state index contributed by atoms with van der Waals surface area (Å²) in [4.78, 5) is 0. The molecular formula is C12H13N3. The van der Waals surface area contributed by atoms with E-state index in [0.29, 0.717) is 0 Å². The van der Waals surface area contributed by atoms with Crippen molar-refractivity contribution < 1.29 is 0 Å². The minimum Gasteiger partial charge on any atom is -0.266 e. The fourth-order valence-corrected chi connectivity index (χ4v) is 1.54. The molecule has 3 rings (SSSR count). The second-order valence-electron chi connectivity index (χ2n) is 3.30. The van der Waals surface area contributed by atoms with Gasteiger partial charge in [-0.05, 0) is 24.0 Å². The first-order chi connectivity index (χ1) is 7.47. The number of aryl methyl sites for hydroxylation is 1. The largest absolute Gasteiger partial charge is 0.266 e. The van der Waals surface area contributed by atoms with E-state index >= 15 is 0 Å². The number of nitrogens with zero attached hydrogens (tertiary/aromatic N) is 2. The number of aromatic amines is 1. The molecule has 0 saturated heterocycles. The van der Waals surface area contributed by atoms with Crippen molar-refractivity contribution in [3.05, 3.63) is 53.9 Å². The molecule has 1 N–H and O–H groups in total. The Morgan fingerprint density at radius 3 is 2.80 bits per heavy atom. The minimum absolute atomic E-state index is 1.21. The molecule has 3 heteroatoms. The molecule has 1 heterocycles. The van der Waals surface area contributed by atoms with Crippen molar-refractivity contribution in [3.8, 4) is 0 Å². The number of rotatable bonds is 0. The molecule has 0 fully saturated rings. The molecule has 2 aromatic rings. The van der Waals surface area contributed by atoms with Gasteiger partial charge in [-0.1, -0.05) is 41.6 Å². The van der Waals surface area contributed by atoms with Crippen molar-refractivity contribution in [1.82, 2.24) is 15.4 Å². The number of benzene rings is 1. The Balaban J connectivity index is 0.000000144. The van der Waals surface area contributed by atoms with Crippen LogP contribution in [0.4, 0.5) is 0 Å². The molecule has 76 valence electrons. The first-order valence-electron chi connectivity index (χ1n) is 5.01. The number of H-pyrrole nitrogens is 1. The van der Waals surface area contributed by atoms with Gasteiger partial charge in [-0.3, -0.25) is 5.10 Å². The molecule has 1 aliphatic carbocycles. The second kappa shape index (κ2) is 5.10. The van der Waals surface area contributed by atoms with Gasteiger partial charge in [-0.2, -0.15) is 0 Å². The predicted molar refractivity (Wildman–Crippen MR) is 60.2 cm³/mol. The molecule has 0 radical (unpaired) electrons. The van der Waals surface area contributed by atoms with E-state index < -0.39 is 0 Å². The quantitative estimate of drug-likeness (QED) is 0.708. The van der Waals surface area contributed by atoms with Crippen LogP contribution in [0.2, 0.25) is 0 Å². The molecule has 3 nitrogen and oxygen atoms in total. The molecule has 1 aromatic heterocycles. The van der Waals surface area contributed by atoms with Crippen molar-refractivity contribution in [1.29, 1.82) is 0 Å². The molecule has 0 bridgehead atoms. The average molecular weight is 199 g/mol. The summed E-state index contributed by atoms with van der Waals surface area (Å²) in [6.45, 7) is 0. The Bertz CT molecular complexity index is 401. The first-order valence-corrected chi connectivity index (χ1v) is 5.01. The normalized spacial score (nSPS) is 12.5. The van der Waals surface area contributed by atoms with Gasteiger partial charge < -0.3 is 0 Å². The van der Waals surface area contributed by atoms with Crippen molar-refractivity contribution >= 4 is 6.08 Å². The monoisotopic (exact) mass is 199 g/mol. The second-order valence-corrected chi connectivity index (χ2v) is 3.30. The lowest BCUT2D eigenvalue weighted by atomic mass is 9.98. The minimum atomic E-state index is 1.21. The van der Waals surface area contributed by atoms with Crippen LogP contribution in [-0.2, 0) is 6.42 Å². The molecule has 0 aliphatic heterocycles. The zero-order valence-electron chi connectivity index (χ0n) is 8.43. The van der Waals surface area contributed by atoms with Crippen LogP contribution in [0.1, 0.15) is 17.5 Å². The van der Waals surface area contributed by atoms with Gasteiger partial charge in [0.25, 0.3) is 0 Å². The zero-order chi connectivity index (χ0) is 10.3. The smallest absolute Gasteiger partial charge is 0.0690 e. The molecule has 0 amide bonds. The topological polar surface area (TPSA) is 41.6 Å². The highest BCUT2D eigenvalue weighted by Gasteiger charge is 2.00. The summed E-state index contributed by atoms with van der Waals surface area (Å²) in [7, 11) is 0. The Morgan fingerprint density at radius 2 is 2.13 bits per heavy atom. The average Bonchev–Trinajstić information content (AvgIpc) is 2.88. The van der Waals surface area contributed by atoms with E-state index in [2.05, 4.69) is 51.8 Å². The summed E-state index contributed by atoms with van der Waals surface area (Å²) < 4.78 is 0. The van der Waals surface area contributed by atoms with Crippen LogP contribution in [0, 0.1) is 0 Å². The molecule has 0 atom stereocenters. The Kier molecular flexibility index (Phi) is 3.28. The highest BCUT2D eigenvalue weighted by molar-refractivity contribution is 5.55. The third-order valence-corrected chi connectivity index (χ3v) is 2.26. The van der Waals surface area contributed by atoms with E-state index in [0.717, 1.165) is 0 Å². The van der Waals surface area contributed by atoms with Gasteiger partial charge in [0.1, 0.15) is 0 Å². The van der Waals surface area contributed by atoms with Gasteiger partial charge in [-0.15, -0.1) is 5.10 Å².